The van der Waals surface area contributed by atoms with E-state index >= 15 is 0 Å². The summed E-state index contributed by atoms with van der Waals surface area (Å²) in [5, 5.41) is 0. The van der Waals surface area contributed by atoms with Crippen molar-refractivity contribution in [3.8, 4) is 17.2 Å². The largest absolute Gasteiger partial charge is 0.493 e. The molecule has 6 nitrogen and oxygen atoms in total. The van der Waals surface area contributed by atoms with Crippen LogP contribution in [0.2, 0.25) is 0 Å². The first-order valence-corrected chi connectivity index (χ1v) is 11.8. The van der Waals surface area contributed by atoms with Gasteiger partial charge in [-0.05, 0) is 18.2 Å². The lowest BCUT2D eigenvalue weighted by atomic mass is 10.1. The molecule has 34 heavy (non-hydrogen) atoms. The Bertz CT molecular complexity index is 978. The van der Waals surface area contributed by atoms with Crippen LogP contribution >= 0.6 is 0 Å². The van der Waals surface area contributed by atoms with Crippen LogP contribution in [0.15, 0.2) is 72.8 Å². The molecule has 3 aliphatic rings. The number of benzene rings is 3. The number of rotatable bonds is 12. The van der Waals surface area contributed by atoms with E-state index < -0.39 is 0 Å². The van der Waals surface area contributed by atoms with Gasteiger partial charge in [0.2, 0.25) is 0 Å². The third kappa shape index (κ3) is 5.20. The average molecular weight is 461 g/mol. The molecule has 176 valence electrons. The van der Waals surface area contributed by atoms with Crippen molar-refractivity contribution >= 4 is 0 Å². The molecule has 0 radical (unpaired) electrons. The van der Waals surface area contributed by atoms with E-state index in [1.807, 2.05) is 54.6 Å². The Balaban J connectivity index is 1.15. The molecule has 0 aromatic heterocycles. The Kier molecular flexibility index (Phi) is 6.10. The highest BCUT2D eigenvalue weighted by Gasteiger charge is 2.30. The normalized spacial score (nSPS) is 23.1. The molecule has 0 bridgehead atoms. The third-order valence-electron chi connectivity index (χ3n) is 6.22. The molecular formula is C28H28O6. The summed E-state index contributed by atoms with van der Waals surface area (Å²) in [6, 6.07) is 24.2. The molecule has 3 atom stereocenters. The topological polar surface area (TPSA) is 65.3 Å². The molecule has 3 aromatic carbocycles. The van der Waals surface area contributed by atoms with Crippen molar-refractivity contribution in [2.75, 3.05) is 39.6 Å². The highest BCUT2D eigenvalue weighted by atomic mass is 16.6. The fourth-order valence-corrected chi connectivity index (χ4v) is 4.08. The first kappa shape index (κ1) is 21.5. The lowest BCUT2D eigenvalue weighted by Crippen LogP contribution is -2.26. The quantitative estimate of drug-likeness (QED) is 0.352. The van der Waals surface area contributed by atoms with E-state index in [9.17, 15) is 0 Å². The van der Waals surface area contributed by atoms with Crippen LogP contribution in [0.5, 0.6) is 17.2 Å². The van der Waals surface area contributed by atoms with Gasteiger partial charge in [-0.15, -0.1) is 0 Å². The molecule has 3 aromatic rings. The first-order valence-electron chi connectivity index (χ1n) is 11.8. The molecule has 0 aliphatic carbocycles. The van der Waals surface area contributed by atoms with Crippen LogP contribution in [0.4, 0.5) is 0 Å². The predicted molar refractivity (Wildman–Crippen MR) is 125 cm³/mol. The summed E-state index contributed by atoms with van der Waals surface area (Å²) in [6.45, 7) is 3.64. The summed E-state index contributed by atoms with van der Waals surface area (Å²) < 4.78 is 35.3. The Morgan fingerprint density at radius 1 is 0.529 bits per heavy atom. The number of hydrogen-bond donors (Lipinski definition) is 0. The van der Waals surface area contributed by atoms with E-state index in [1.165, 1.54) is 0 Å². The van der Waals surface area contributed by atoms with Gasteiger partial charge in [0.15, 0.2) is 0 Å². The fraction of sp³-hybridized carbons (Fsp3) is 0.357. The zero-order valence-electron chi connectivity index (χ0n) is 18.9. The van der Waals surface area contributed by atoms with Crippen LogP contribution in [0.25, 0.3) is 0 Å². The minimum atomic E-state index is 0.00883. The highest BCUT2D eigenvalue weighted by Crippen LogP contribution is 2.38. The van der Waals surface area contributed by atoms with Crippen molar-refractivity contribution in [2.45, 2.75) is 18.3 Å². The second-order valence-electron chi connectivity index (χ2n) is 8.88. The molecule has 3 aliphatic heterocycles. The van der Waals surface area contributed by atoms with Gasteiger partial charge in [-0.3, -0.25) is 0 Å². The second kappa shape index (κ2) is 9.66. The van der Waals surface area contributed by atoms with Crippen LogP contribution in [0, 0.1) is 5.92 Å². The Morgan fingerprint density at radius 2 is 0.824 bits per heavy atom. The van der Waals surface area contributed by atoms with E-state index in [-0.39, 0.29) is 24.2 Å². The van der Waals surface area contributed by atoms with Crippen molar-refractivity contribution < 1.29 is 28.4 Å². The van der Waals surface area contributed by atoms with Crippen LogP contribution in [-0.2, 0) is 14.2 Å². The van der Waals surface area contributed by atoms with E-state index in [2.05, 4.69) is 18.2 Å². The average Bonchev–Trinajstić information content (AvgIpc) is 3.73. The number of para-hydroxylation sites is 3. The van der Waals surface area contributed by atoms with Crippen LogP contribution in [0.3, 0.4) is 0 Å². The van der Waals surface area contributed by atoms with E-state index in [4.69, 9.17) is 28.4 Å². The standard InChI is InChI=1S/C28H28O6/c1-4-10-23(20(7-1)26-16-32-26)29-13-19(14-30-24-11-5-2-8-21(24)27-17-33-27)15-31-25-12-6-3-9-22(25)28-18-34-28/h1-12,19,26-28H,13-18H2. The fourth-order valence-electron chi connectivity index (χ4n) is 4.08. The van der Waals surface area contributed by atoms with Gasteiger partial charge in [-0.1, -0.05) is 54.6 Å². The molecular weight excluding hydrogens is 432 g/mol. The van der Waals surface area contributed by atoms with Crippen molar-refractivity contribution in [3.63, 3.8) is 0 Å². The van der Waals surface area contributed by atoms with Crippen molar-refractivity contribution in [1.29, 1.82) is 0 Å². The van der Waals surface area contributed by atoms with Crippen LogP contribution < -0.4 is 14.2 Å². The minimum absolute atomic E-state index is 0.00883. The zero-order valence-corrected chi connectivity index (χ0v) is 18.9. The van der Waals surface area contributed by atoms with Crippen molar-refractivity contribution in [1.82, 2.24) is 0 Å². The minimum Gasteiger partial charge on any atom is -0.493 e. The van der Waals surface area contributed by atoms with E-state index in [0.717, 1.165) is 53.8 Å². The van der Waals surface area contributed by atoms with Gasteiger partial charge >= 0.3 is 0 Å². The van der Waals surface area contributed by atoms with Gasteiger partial charge in [0.1, 0.15) is 35.6 Å². The van der Waals surface area contributed by atoms with Crippen molar-refractivity contribution in [3.05, 3.63) is 89.5 Å². The lowest BCUT2D eigenvalue weighted by molar-refractivity contribution is 0.123. The molecule has 6 heteroatoms. The lowest BCUT2D eigenvalue weighted by Gasteiger charge is -2.21. The maximum absolute atomic E-state index is 6.27. The molecule has 0 amide bonds. The Hall–Kier alpha value is -3.06. The third-order valence-corrected chi connectivity index (χ3v) is 6.22. The van der Waals surface area contributed by atoms with Gasteiger partial charge in [-0.2, -0.15) is 0 Å². The summed E-state index contributed by atoms with van der Waals surface area (Å²) >= 11 is 0. The van der Waals surface area contributed by atoms with Gasteiger partial charge in [0.05, 0.1) is 45.6 Å². The molecule has 0 spiro atoms. The SMILES string of the molecule is c1ccc(C2CO2)c(OCC(COc2ccccc2C2CO2)COc2ccccc2C2CO2)c1. The number of ether oxygens (including phenoxy) is 6. The molecule has 3 heterocycles. The smallest absolute Gasteiger partial charge is 0.125 e. The first-order chi connectivity index (χ1) is 16.8. The van der Waals surface area contributed by atoms with Gasteiger partial charge < -0.3 is 28.4 Å². The Morgan fingerprint density at radius 3 is 1.12 bits per heavy atom. The number of hydrogen-bond acceptors (Lipinski definition) is 6. The van der Waals surface area contributed by atoms with Gasteiger partial charge in [0.25, 0.3) is 0 Å². The summed E-state index contributed by atoms with van der Waals surface area (Å²) in [4.78, 5) is 0. The molecule has 0 saturated carbocycles. The van der Waals surface area contributed by atoms with Gasteiger partial charge in [0, 0.05) is 16.7 Å². The van der Waals surface area contributed by atoms with E-state index in [0.29, 0.717) is 19.8 Å². The second-order valence-corrected chi connectivity index (χ2v) is 8.88. The molecule has 3 fully saturated rings. The monoisotopic (exact) mass is 460 g/mol. The maximum atomic E-state index is 6.27. The maximum Gasteiger partial charge on any atom is 0.125 e. The van der Waals surface area contributed by atoms with E-state index in [1.54, 1.807) is 0 Å². The molecule has 6 rings (SSSR count). The highest BCUT2D eigenvalue weighted by molar-refractivity contribution is 5.38. The molecule has 0 N–H and O–H groups in total. The van der Waals surface area contributed by atoms with Crippen LogP contribution in [-0.4, -0.2) is 39.6 Å². The zero-order chi connectivity index (χ0) is 22.7. The Labute approximate surface area is 199 Å². The summed E-state index contributed by atoms with van der Waals surface area (Å²) in [5.74, 6) is 2.57. The summed E-state index contributed by atoms with van der Waals surface area (Å²) in [7, 11) is 0. The number of epoxide rings is 3. The van der Waals surface area contributed by atoms with Crippen molar-refractivity contribution in [2.24, 2.45) is 5.92 Å². The summed E-state index contributed by atoms with van der Waals surface area (Å²) in [5.41, 5.74) is 3.28. The van der Waals surface area contributed by atoms with Crippen LogP contribution in [0.1, 0.15) is 35.0 Å². The predicted octanol–water partition coefficient (Wildman–Crippen LogP) is 5.05. The molecule has 3 unspecified atom stereocenters. The molecule has 3 saturated heterocycles. The summed E-state index contributed by atoms with van der Waals surface area (Å²) in [6.07, 6.45) is 0.411. The van der Waals surface area contributed by atoms with Gasteiger partial charge in [-0.25, -0.2) is 0 Å².